The van der Waals surface area contributed by atoms with Crippen LogP contribution in [0.1, 0.15) is 38.5 Å². The topological polar surface area (TPSA) is 81.8 Å². The second-order valence-electron chi connectivity index (χ2n) is 8.58. The van der Waals surface area contributed by atoms with Crippen LogP contribution in [0.2, 0.25) is 0 Å². The molecule has 3 atom stereocenters. The van der Waals surface area contributed by atoms with Gasteiger partial charge in [0.2, 0.25) is 5.91 Å². The number of rotatable bonds is 5. The molecule has 148 valence electrons. The molecule has 5 rings (SSSR count). The average Bonchev–Trinajstić information content (AvgIpc) is 3.46. The number of hydrogen-bond donors (Lipinski definition) is 2. The van der Waals surface area contributed by atoms with Gasteiger partial charge in [0.25, 0.3) is 5.91 Å². The van der Waals surface area contributed by atoms with E-state index in [9.17, 15) is 14.4 Å². The minimum Gasteiger partial charge on any atom is -0.362 e. The van der Waals surface area contributed by atoms with Crippen LogP contribution in [0, 0.1) is 5.92 Å². The molecule has 3 unspecified atom stereocenters. The van der Waals surface area contributed by atoms with Crippen molar-refractivity contribution in [2.45, 2.75) is 56.1 Å². The maximum Gasteiger partial charge on any atom is 0.322 e. The summed E-state index contributed by atoms with van der Waals surface area (Å²) in [5, 5.41) is 5.18. The Labute approximate surface area is 164 Å². The maximum atomic E-state index is 13.0. The number of benzene rings is 1. The van der Waals surface area contributed by atoms with E-state index in [4.69, 9.17) is 0 Å². The normalized spacial score (nSPS) is 31.7. The summed E-state index contributed by atoms with van der Waals surface area (Å²) >= 11 is 0. The first kappa shape index (κ1) is 17.5. The van der Waals surface area contributed by atoms with Gasteiger partial charge in [0, 0.05) is 37.3 Å². The first-order valence-corrected chi connectivity index (χ1v) is 10.3. The number of nitrogens with zero attached hydrogens (tertiary/aromatic N) is 2. The number of fused-ring (bicyclic) bond motifs is 2. The van der Waals surface area contributed by atoms with Crippen molar-refractivity contribution in [3.8, 4) is 0 Å². The fraction of sp³-hybridized carbons (Fsp3) is 0.571. The Balaban J connectivity index is 1.24. The van der Waals surface area contributed by atoms with Crippen molar-refractivity contribution < 1.29 is 14.4 Å². The molecular formula is C21H26N4O3. The van der Waals surface area contributed by atoms with Gasteiger partial charge in [-0.2, -0.15) is 0 Å². The number of carbonyl (C=O) groups excluding carboxylic acids is 3. The fourth-order valence-corrected chi connectivity index (χ4v) is 5.34. The molecule has 3 saturated heterocycles. The predicted molar refractivity (Wildman–Crippen MR) is 104 cm³/mol. The van der Waals surface area contributed by atoms with Crippen molar-refractivity contribution in [1.82, 2.24) is 15.5 Å². The summed E-state index contributed by atoms with van der Waals surface area (Å²) < 4.78 is 0. The van der Waals surface area contributed by atoms with E-state index in [1.54, 1.807) is 0 Å². The van der Waals surface area contributed by atoms with E-state index in [0.29, 0.717) is 24.9 Å². The summed E-state index contributed by atoms with van der Waals surface area (Å²) in [6.45, 7) is 1.47. The molecule has 4 aliphatic rings. The fourth-order valence-electron chi connectivity index (χ4n) is 5.34. The Morgan fingerprint density at radius 3 is 2.29 bits per heavy atom. The number of hydrogen-bond acceptors (Lipinski definition) is 4. The van der Waals surface area contributed by atoms with Crippen LogP contribution in [0.5, 0.6) is 0 Å². The van der Waals surface area contributed by atoms with Crippen LogP contribution in [-0.4, -0.2) is 53.5 Å². The molecule has 28 heavy (non-hydrogen) atoms. The Bertz CT molecular complexity index is 795. The van der Waals surface area contributed by atoms with Gasteiger partial charge >= 0.3 is 6.03 Å². The van der Waals surface area contributed by atoms with E-state index in [2.05, 4.69) is 39.8 Å². The van der Waals surface area contributed by atoms with E-state index in [-0.39, 0.29) is 17.7 Å². The van der Waals surface area contributed by atoms with Crippen LogP contribution in [0.15, 0.2) is 30.3 Å². The number of para-hydroxylation sites is 1. The second kappa shape index (κ2) is 6.50. The monoisotopic (exact) mass is 382 g/mol. The molecular weight excluding hydrogens is 356 g/mol. The summed E-state index contributed by atoms with van der Waals surface area (Å²) in [5.41, 5.74) is 0.359. The van der Waals surface area contributed by atoms with Crippen LogP contribution in [0.25, 0.3) is 0 Å². The zero-order valence-electron chi connectivity index (χ0n) is 15.9. The molecule has 1 aromatic carbocycles. The van der Waals surface area contributed by atoms with E-state index < -0.39 is 11.6 Å². The largest absolute Gasteiger partial charge is 0.362 e. The summed E-state index contributed by atoms with van der Waals surface area (Å²) in [5.74, 6) is -0.00166. The number of amides is 4. The van der Waals surface area contributed by atoms with Crippen molar-refractivity contribution in [2.24, 2.45) is 5.92 Å². The highest BCUT2D eigenvalue weighted by Gasteiger charge is 2.55. The Hall–Kier alpha value is -2.57. The van der Waals surface area contributed by atoms with Crippen LogP contribution in [0.4, 0.5) is 10.5 Å². The molecule has 7 heteroatoms. The minimum atomic E-state index is -0.877. The SMILES string of the molecule is O=C1NC(=O)C(CCC(=O)N2CC3CCC(C2)N3c2ccccc2)(C2CC2)N1. The molecule has 3 heterocycles. The van der Waals surface area contributed by atoms with E-state index in [0.717, 1.165) is 38.8 Å². The lowest BCUT2D eigenvalue weighted by Crippen LogP contribution is -2.56. The molecule has 0 spiro atoms. The molecule has 4 fully saturated rings. The first-order valence-electron chi connectivity index (χ1n) is 10.3. The smallest absolute Gasteiger partial charge is 0.322 e. The van der Waals surface area contributed by atoms with Gasteiger partial charge in [-0.15, -0.1) is 0 Å². The molecule has 2 bridgehead atoms. The molecule has 4 amide bonds. The Kier molecular flexibility index (Phi) is 4.07. The molecule has 3 aliphatic heterocycles. The van der Waals surface area contributed by atoms with Crippen LogP contribution in [0.3, 0.4) is 0 Å². The number of carbonyl (C=O) groups is 3. The van der Waals surface area contributed by atoms with Gasteiger partial charge in [0.1, 0.15) is 5.54 Å². The van der Waals surface area contributed by atoms with Crippen molar-refractivity contribution in [3.63, 3.8) is 0 Å². The molecule has 0 aromatic heterocycles. The highest BCUT2D eigenvalue weighted by atomic mass is 16.2. The molecule has 1 saturated carbocycles. The number of imide groups is 1. The zero-order valence-corrected chi connectivity index (χ0v) is 15.9. The predicted octanol–water partition coefficient (Wildman–Crippen LogP) is 1.63. The van der Waals surface area contributed by atoms with Gasteiger partial charge in [-0.3, -0.25) is 14.9 Å². The highest BCUT2D eigenvalue weighted by Crippen LogP contribution is 2.44. The third-order valence-corrected chi connectivity index (χ3v) is 6.87. The highest BCUT2D eigenvalue weighted by molar-refractivity contribution is 6.07. The van der Waals surface area contributed by atoms with Crippen LogP contribution < -0.4 is 15.5 Å². The number of anilines is 1. The van der Waals surface area contributed by atoms with Crippen molar-refractivity contribution in [3.05, 3.63) is 30.3 Å². The molecule has 7 nitrogen and oxygen atoms in total. The number of urea groups is 1. The average molecular weight is 382 g/mol. The van der Waals surface area contributed by atoms with E-state index in [1.807, 2.05) is 11.0 Å². The van der Waals surface area contributed by atoms with Crippen molar-refractivity contribution in [1.29, 1.82) is 0 Å². The number of nitrogens with one attached hydrogen (secondary N) is 2. The molecule has 1 aromatic rings. The molecule has 0 radical (unpaired) electrons. The molecule has 1 aliphatic carbocycles. The summed E-state index contributed by atoms with van der Waals surface area (Å²) in [6, 6.07) is 10.7. The maximum absolute atomic E-state index is 13.0. The molecule has 2 N–H and O–H groups in total. The number of likely N-dealkylation sites (tertiary alicyclic amines) is 1. The van der Waals surface area contributed by atoms with E-state index in [1.165, 1.54) is 5.69 Å². The van der Waals surface area contributed by atoms with Gasteiger partial charge in [0.15, 0.2) is 0 Å². The lowest BCUT2D eigenvalue weighted by atomic mass is 9.87. The Morgan fingerprint density at radius 1 is 1.04 bits per heavy atom. The van der Waals surface area contributed by atoms with Gasteiger partial charge in [-0.25, -0.2) is 4.79 Å². The summed E-state index contributed by atoms with van der Waals surface area (Å²) in [7, 11) is 0. The van der Waals surface area contributed by atoms with Crippen molar-refractivity contribution in [2.75, 3.05) is 18.0 Å². The third kappa shape index (κ3) is 2.84. The lowest BCUT2D eigenvalue weighted by Gasteiger charge is -2.42. The van der Waals surface area contributed by atoms with Crippen LogP contribution >= 0.6 is 0 Å². The third-order valence-electron chi connectivity index (χ3n) is 6.87. The Morgan fingerprint density at radius 2 is 1.71 bits per heavy atom. The van der Waals surface area contributed by atoms with Gasteiger partial charge in [-0.1, -0.05) is 18.2 Å². The number of piperazine rings is 1. The van der Waals surface area contributed by atoms with Gasteiger partial charge in [0.05, 0.1) is 0 Å². The van der Waals surface area contributed by atoms with Gasteiger partial charge < -0.3 is 15.1 Å². The second-order valence-corrected chi connectivity index (χ2v) is 8.58. The van der Waals surface area contributed by atoms with Crippen molar-refractivity contribution >= 4 is 23.5 Å². The summed E-state index contributed by atoms with van der Waals surface area (Å²) in [4.78, 5) is 41.4. The van der Waals surface area contributed by atoms with E-state index >= 15 is 0 Å². The first-order chi connectivity index (χ1) is 13.6. The van der Waals surface area contributed by atoms with Gasteiger partial charge in [-0.05, 0) is 50.2 Å². The van der Waals surface area contributed by atoms with Crippen LogP contribution in [-0.2, 0) is 9.59 Å². The minimum absolute atomic E-state index is 0.0959. The lowest BCUT2D eigenvalue weighted by molar-refractivity contribution is -0.133. The summed E-state index contributed by atoms with van der Waals surface area (Å²) in [6.07, 6.45) is 4.77. The zero-order chi connectivity index (χ0) is 19.3. The standard InChI is InChI=1S/C21H26N4O3/c26-18(10-11-21(14-6-7-14)19(27)22-20(28)23-21)24-12-16-8-9-17(13-24)25(16)15-4-2-1-3-5-15/h1-5,14,16-17H,6-13H2,(H2,22,23,27,28). The quantitative estimate of drug-likeness (QED) is 0.759.